The number of hydrogen-bond donors (Lipinski definition) is 1. The molecule has 1 fully saturated rings. The lowest BCUT2D eigenvalue weighted by Gasteiger charge is -2.24. The average molecular weight is 436 g/mol. The van der Waals surface area contributed by atoms with Crippen LogP contribution < -0.4 is 14.5 Å². The van der Waals surface area contributed by atoms with Gasteiger partial charge in [-0.15, -0.1) is 0 Å². The van der Waals surface area contributed by atoms with Crippen molar-refractivity contribution < 1.29 is 17.9 Å². The summed E-state index contributed by atoms with van der Waals surface area (Å²) in [5.41, 5.74) is 3.73. The first kappa shape index (κ1) is 21.1. The van der Waals surface area contributed by atoms with E-state index >= 15 is 0 Å². The van der Waals surface area contributed by atoms with E-state index in [1.54, 1.807) is 36.4 Å². The van der Waals surface area contributed by atoms with Gasteiger partial charge in [0.25, 0.3) is 15.9 Å². The summed E-state index contributed by atoms with van der Waals surface area (Å²) in [5, 5.41) is 4.58. The van der Waals surface area contributed by atoms with E-state index in [4.69, 9.17) is 16.3 Å². The number of halogens is 1. The summed E-state index contributed by atoms with van der Waals surface area (Å²) in [4.78, 5) is 12.5. The smallest absolute Gasteiger partial charge is 0.264 e. The number of amides is 1. The molecule has 29 heavy (non-hydrogen) atoms. The minimum absolute atomic E-state index is 0.0446. The first-order chi connectivity index (χ1) is 13.9. The minimum atomic E-state index is -4.00. The standard InChI is InChI=1S/C20H22ClN3O4S/c1-28-18-10-12-19(13-11-18)29(26,27)24(17-8-6-15(21)7-9-17)14-20(25)23-22-16-4-2-3-5-16/h6-13H,2-5,14H2,1H3,(H,23,25). The molecule has 154 valence electrons. The van der Waals surface area contributed by atoms with Gasteiger partial charge in [0.15, 0.2) is 0 Å². The first-order valence-electron chi connectivity index (χ1n) is 9.17. The molecule has 3 rings (SSSR count). The highest BCUT2D eigenvalue weighted by Gasteiger charge is 2.27. The van der Waals surface area contributed by atoms with Gasteiger partial charge in [0.05, 0.1) is 17.7 Å². The zero-order chi connectivity index (χ0) is 20.9. The minimum Gasteiger partial charge on any atom is -0.497 e. The Morgan fingerprint density at radius 2 is 1.72 bits per heavy atom. The fraction of sp³-hybridized carbons (Fsp3) is 0.300. The van der Waals surface area contributed by atoms with Crippen molar-refractivity contribution in [3.63, 3.8) is 0 Å². The van der Waals surface area contributed by atoms with Gasteiger partial charge in [0.2, 0.25) is 0 Å². The van der Waals surface area contributed by atoms with Gasteiger partial charge in [-0.3, -0.25) is 9.10 Å². The highest BCUT2D eigenvalue weighted by atomic mass is 35.5. The van der Waals surface area contributed by atoms with E-state index in [0.29, 0.717) is 16.5 Å². The van der Waals surface area contributed by atoms with E-state index < -0.39 is 22.5 Å². The maximum atomic E-state index is 13.2. The Morgan fingerprint density at radius 1 is 1.10 bits per heavy atom. The van der Waals surface area contributed by atoms with E-state index in [-0.39, 0.29) is 4.90 Å². The lowest BCUT2D eigenvalue weighted by atomic mass is 10.3. The van der Waals surface area contributed by atoms with E-state index in [2.05, 4.69) is 10.5 Å². The molecule has 2 aromatic carbocycles. The van der Waals surface area contributed by atoms with E-state index in [9.17, 15) is 13.2 Å². The Kier molecular flexibility index (Phi) is 6.76. The van der Waals surface area contributed by atoms with Crippen LogP contribution in [0.3, 0.4) is 0 Å². The molecule has 0 spiro atoms. The van der Waals surface area contributed by atoms with Crippen molar-refractivity contribution in [1.29, 1.82) is 0 Å². The van der Waals surface area contributed by atoms with Crippen molar-refractivity contribution >= 4 is 38.9 Å². The molecule has 0 bridgehead atoms. The number of sulfonamides is 1. The van der Waals surface area contributed by atoms with Gasteiger partial charge in [-0.05, 0) is 74.2 Å². The number of hydrogen-bond acceptors (Lipinski definition) is 5. The topological polar surface area (TPSA) is 88.1 Å². The number of ether oxygens (including phenoxy) is 1. The Hall–Kier alpha value is -2.58. The third kappa shape index (κ3) is 5.27. The van der Waals surface area contributed by atoms with Crippen LogP contribution in [0.25, 0.3) is 0 Å². The van der Waals surface area contributed by atoms with Crippen LogP contribution in [0.5, 0.6) is 5.75 Å². The molecule has 1 amide bonds. The maximum absolute atomic E-state index is 13.2. The predicted molar refractivity (Wildman–Crippen MR) is 113 cm³/mol. The summed E-state index contributed by atoms with van der Waals surface area (Å²) in [6, 6.07) is 12.2. The molecule has 1 N–H and O–H groups in total. The van der Waals surface area contributed by atoms with Crippen LogP contribution in [-0.2, 0) is 14.8 Å². The van der Waals surface area contributed by atoms with Gasteiger partial charge in [-0.1, -0.05) is 11.6 Å². The largest absolute Gasteiger partial charge is 0.497 e. The molecule has 0 heterocycles. The van der Waals surface area contributed by atoms with E-state index in [1.807, 2.05) is 0 Å². The molecule has 0 radical (unpaired) electrons. The van der Waals surface area contributed by atoms with Gasteiger partial charge >= 0.3 is 0 Å². The molecule has 1 saturated carbocycles. The number of nitrogens with one attached hydrogen (secondary N) is 1. The molecule has 7 nitrogen and oxygen atoms in total. The molecule has 0 atom stereocenters. The van der Waals surface area contributed by atoms with Crippen LogP contribution in [0, 0.1) is 0 Å². The fourth-order valence-corrected chi connectivity index (χ4v) is 4.55. The quantitative estimate of drug-likeness (QED) is 0.673. The van der Waals surface area contributed by atoms with E-state index in [0.717, 1.165) is 35.7 Å². The number of nitrogens with zero attached hydrogens (tertiary/aromatic N) is 2. The lowest BCUT2D eigenvalue weighted by molar-refractivity contribution is -0.119. The van der Waals surface area contributed by atoms with Gasteiger partial charge < -0.3 is 4.74 Å². The fourth-order valence-electron chi connectivity index (χ4n) is 3.00. The molecule has 0 aliphatic heterocycles. The van der Waals surface area contributed by atoms with E-state index in [1.165, 1.54) is 19.2 Å². The molecule has 1 aliphatic carbocycles. The highest BCUT2D eigenvalue weighted by molar-refractivity contribution is 7.92. The second kappa shape index (κ2) is 9.28. The van der Waals surface area contributed by atoms with Crippen molar-refractivity contribution in [3.8, 4) is 5.75 Å². The first-order valence-corrected chi connectivity index (χ1v) is 11.0. The van der Waals surface area contributed by atoms with Crippen LogP contribution in [0.15, 0.2) is 58.5 Å². The van der Waals surface area contributed by atoms with Crippen LogP contribution in [0.4, 0.5) is 5.69 Å². The number of carbonyl (C=O) groups excluding carboxylic acids is 1. The summed E-state index contributed by atoms with van der Waals surface area (Å²) in [7, 11) is -2.50. The molecule has 2 aromatic rings. The predicted octanol–water partition coefficient (Wildman–Crippen LogP) is 3.59. The molecule has 0 saturated heterocycles. The Labute approximate surface area is 175 Å². The normalized spacial score (nSPS) is 13.8. The second-order valence-corrected chi connectivity index (χ2v) is 8.88. The third-order valence-electron chi connectivity index (χ3n) is 4.57. The summed E-state index contributed by atoms with van der Waals surface area (Å²) in [6.45, 7) is -0.410. The van der Waals surface area contributed by atoms with Crippen molar-refractivity contribution in [1.82, 2.24) is 5.43 Å². The van der Waals surface area contributed by atoms with Crippen molar-refractivity contribution in [2.75, 3.05) is 18.0 Å². The molecule has 9 heteroatoms. The lowest BCUT2D eigenvalue weighted by Crippen LogP contribution is -2.39. The number of methoxy groups -OCH3 is 1. The maximum Gasteiger partial charge on any atom is 0.264 e. The van der Waals surface area contributed by atoms with Crippen molar-refractivity contribution in [2.24, 2.45) is 5.10 Å². The van der Waals surface area contributed by atoms with Crippen LogP contribution in [0.1, 0.15) is 25.7 Å². The average Bonchev–Trinajstić information content (AvgIpc) is 3.25. The van der Waals surface area contributed by atoms with Gasteiger partial charge in [-0.2, -0.15) is 5.10 Å². The second-order valence-electron chi connectivity index (χ2n) is 6.58. The highest BCUT2D eigenvalue weighted by Crippen LogP contribution is 2.26. The number of carbonyl (C=O) groups is 1. The Morgan fingerprint density at radius 3 is 2.31 bits per heavy atom. The van der Waals surface area contributed by atoms with Gasteiger partial charge in [0, 0.05) is 10.7 Å². The van der Waals surface area contributed by atoms with Gasteiger partial charge in [-0.25, -0.2) is 13.8 Å². The molecule has 0 aromatic heterocycles. The van der Waals surface area contributed by atoms with Crippen LogP contribution in [0.2, 0.25) is 5.02 Å². The van der Waals surface area contributed by atoms with Crippen molar-refractivity contribution in [2.45, 2.75) is 30.6 Å². The van der Waals surface area contributed by atoms with Crippen molar-refractivity contribution in [3.05, 3.63) is 53.6 Å². The van der Waals surface area contributed by atoms with Crippen LogP contribution >= 0.6 is 11.6 Å². The number of anilines is 1. The third-order valence-corrected chi connectivity index (χ3v) is 6.61. The monoisotopic (exact) mass is 435 g/mol. The summed E-state index contributed by atoms with van der Waals surface area (Å²) in [6.07, 6.45) is 3.81. The summed E-state index contributed by atoms with van der Waals surface area (Å²) >= 11 is 5.93. The Bertz CT molecular complexity index is 981. The molecule has 1 aliphatic rings. The molecular formula is C20H22ClN3O4S. The molecular weight excluding hydrogens is 414 g/mol. The SMILES string of the molecule is COc1ccc(S(=O)(=O)N(CC(=O)NN=C2CCCC2)c2ccc(Cl)cc2)cc1. The van der Waals surface area contributed by atoms with Gasteiger partial charge in [0.1, 0.15) is 12.3 Å². The zero-order valence-corrected chi connectivity index (χ0v) is 17.5. The number of benzene rings is 2. The Balaban J connectivity index is 1.88. The number of hydrazone groups is 1. The summed E-state index contributed by atoms with van der Waals surface area (Å²) in [5.74, 6) is 0.0172. The van der Waals surface area contributed by atoms with Crippen LogP contribution in [-0.4, -0.2) is 33.7 Å². The number of rotatable bonds is 7. The zero-order valence-electron chi connectivity index (χ0n) is 16.0. The molecule has 0 unspecified atom stereocenters. The summed E-state index contributed by atoms with van der Waals surface area (Å²) < 4.78 is 32.6.